The van der Waals surface area contributed by atoms with Crippen molar-refractivity contribution in [3.63, 3.8) is 0 Å². The number of nitrogen functional groups attached to an aromatic ring is 1. The van der Waals surface area contributed by atoms with E-state index in [9.17, 15) is 4.79 Å². The third-order valence-electron chi connectivity index (χ3n) is 3.08. The standard InChI is InChI=1S/C14H18N2O4/c1-9(20-8-17)12-7-16-14-11(12)5-10(6-13(14)15)19-4-3-18-2/h5-9,16H,3-4,15H2,1-2H3. The molecule has 1 aromatic carbocycles. The lowest BCUT2D eigenvalue weighted by atomic mass is 10.1. The minimum atomic E-state index is -0.352. The molecule has 0 aliphatic carbocycles. The molecule has 2 aromatic rings. The molecule has 1 heterocycles. The van der Waals surface area contributed by atoms with Crippen LogP contribution in [0.25, 0.3) is 10.9 Å². The quantitative estimate of drug-likeness (QED) is 0.459. The number of rotatable bonds is 7. The van der Waals surface area contributed by atoms with Crippen LogP contribution in [0, 0.1) is 0 Å². The second-order valence-electron chi connectivity index (χ2n) is 4.39. The number of hydrogen-bond donors (Lipinski definition) is 2. The maximum absolute atomic E-state index is 10.5. The molecule has 0 spiro atoms. The van der Waals surface area contributed by atoms with E-state index in [0.717, 1.165) is 16.5 Å². The molecule has 1 atom stereocenters. The van der Waals surface area contributed by atoms with Crippen LogP contribution in [0.2, 0.25) is 0 Å². The Hall–Kier alpha value is -2.21. The second kappa shape index (κ2) is 6.29. The summed E-state index contributed by atoms with van der Waals surface area (Å²) < 4.78 is 15.5. The number of H-pyrrole nitrogens is 1. The smallest absolute Gasteiger partial charge is 0.293 e. The molecule has 3 N–H and O–H groups in total. The highest BCUT2D eigenvalue weighted by Gasteiger charge is 2.14. The molecule has 0 fully saturated rings. The van der Waals surface area contributed by atoms with E-state index in [1.165, 1.54) is 0 Å². The molecule has 0 aliphatic rings. The number of carbonyl (C=O) groups is 1. The monoisotopic (exact) mass is 278 g/mol. The number of fused-ring (bicyclic) bond motifs is 1. The van der Waals surface area contributed by atoms with Crippen LogP contribution in [0.4, 0.5) is 5.69 Å². The predicted molar refractivity (Wildman–Crippen MR) is 75.6 cm³/mol. The van der Waals surface area contributed by atoms with Gasteiger partial charge >= 0.3 is 0 Å². The molecule has 6 heteroatoms. The van der Waals surface area contributed by atoms with Crippen LogP contribution in [0.1, 0.15) is 18.6 Å². The number of ether oxygens (including phenoxy) is 3. The van der Waals surface area contributed by atoms with Gasteiger partial charge in [-0.1, -0.05) is 0 Å². The summed E-state index contributed by atoms with van der Waals surface area (Å²) in [7, 11) is 1.61. The number of aromatic nitrogens is 1. The van der Waals surface area contributed by atoms with Crippen molar-refractivity contribution >= 4 is 23.1 Å². The molecule has 0 bridgehead atoms. The fourth-order valence-corrected chi connectivity index (χ4v) is 2.07. The van der Waals surface area contributed by atoms with E-state index in [2.05, 4.69) is 4.98 Å². The van der Waals surface area contributed by atoms with Gasteiger partial charge in [0.15, 0.2) is 0 Å². The summed E-state index contributed by atoms with van der Waals surface area (Å²) in [5, 5.41) is 0.881. The first kappa shape index (κ1) is 14.2. The molecule has 0 aliphatic heterocycles. The van der Waals surface area contributed by atoms with Crippen molar-refractivity contribution in [1.29, 1.82) is 0 Å². The van der Waals surface area contributed by atoms with Gasteiger partial charge < -0.3 is 24.9 Å². The Morgan fingerprint density at radius 3 is 2.90 bits per heavy atom. The molecule has 0 radical (unpaired) electrons. The number of anilines is 1. The molecule has 0 saturated carbocycles. The second-order valence-corrected chi connectivity index (χ2v) is 4.39. The van der Waals surface area contributed by atoms with E-state index < -0.39 is 0 Å². The predicted octanol–water partition coefficient (Wildman–Crippen LogP) is 2.01. The van der Waals surface area contributed by atoms with Crippen LogP contribution < -0.4 is 10.5 Å². The largest absolute Gasteiger partial charge is 0.491 e. The Kier molecular flexibility index (Phi) is 4.47. The molecule has 108 valence electrons. The fourth-order valence-electron chi connectivity index (χ4n) is 2.07. The Bertz CT molecular complexity index is 594. The summed E-state index contributed by atoms with van der Waals surface area (Å²) in [6, 6.07) is 3.63. The summed E-state index contributed by atoms with van der Waals surface area (Å²) in [5.41, 5.74) is 8.24. The summed E-state index contributed by atoms with van der Waals surface area (Å²) in [5.74, 6) is 0.659. The molecule has 20 heavy (non-hydrogen) atoms. The van der Waals surface area contributed by atoms with Gasteiger partial charge in [0.25, 0.3) is 6.47 Å². The molecule has 1 aromatic heterocycles. The van der Waals surface area contributed by atoms with Crippen LogP contribution in [0.3, 0.4) is 0 Å². The summed E-state index contributed by atoms with van der Waals surface area (Å²) in [6.07, 6.45) is 1.43. The van der Waals surface area contributed by atoms with Gasteiger partial charge in [0, 0.05) is 30.3 Å². The summed E-state index contributed by atoms with van der Waals surface area (Å²) >= 11 is 0. The number of nitrogens with one attached hydrogen (secondary N) is 1. The van der Waals surface area contributed by atoms with Crippen LogP contribution >= 0.6 is 0 Å². The van der Waals surface area contributed by atoms with Crippen molar-refractivity contribution in [1.82, 2.24) is 4.98 Å². The lowest BCUT2D eigenvalue weighted by Crippen LogP contribution is -2.04. The highest BCUT2D eigenvalue weighted by molar-refractivity contribution is 5.94. The molecular formula is C14H18N2O4. The van der Waals surface area contributed by atoms with Gasteiger partial charge in [-0.05, 0) is 13.0 Å². The number of benzene rings is 1. The number of nitrogens with two attached hydrogens (primary N) is 1. The number of carbonyl (C=O) groups excluding carboxylic acids is 1. The van der Waals surface area contributed by atoms with Crippen LogP contribution in [-0.4, -0.2) is 31.8 Å². The van der Waals surface area contributed by atoms with Crippen LogP contribution in [0.15, 0.2) is 18.3 Å². The van der Waals surface area contributed by atoms with Gasteiger partial charge in [-0.2, -0.15) is 0 Å². The fraction of sp³-hybridized carbons (Fsp3) is 0.357. The summed E-state index contributed by atoms with van der Waals surface area (Å²) in [6.45, 7) is 3.18. The SMILES string of the molecule is COCCOc1cc(N)c2[nH]cc(C(C)OC=O)c2c1. The van der Waals surface area contributed by atoms with Crippen molar-refractivity contribution in [2.75, 3.05) is 26.1 Å². The van der Waals surface area contributed by atoms with Gasteiger partial charge in [0.2, 0.25) is 0 Å². The number of hydrogen-bond acceptors (Lipinski definition) is 5. The first-order valence-electron chi connectivity index (χ1n) is 6.28. The normalized spacial score (nSPS) is 12.3. The van der Waals surface area contributed by atoms with E-state index in [1.807, 2.05) is 6.07 Å². The van der Waals surface area contributed by atoms with E-state index >= 15 is 0 Å². The van der Waals surface area contributed by atoms with Gasteiger partial charge in [-0.3, -0.25) is 4.79 Å². The molecule has 0 saturated heterocycles. The third kappa shape index (κ3) is 2.85. The van der Waals surface area contributed by atoms with E-state index in [4.69, 9.17) is 19.9 Å². The third-order valence-corrected chi connectivity index (χ3v) is 3.08. The van der Waals surface area contributed by atoms with Crippen LogP contribution in [-0.2, 0) is 14.3 Å². The maximum Gasteiger partial charge on any atom is 0.293 e. The Balaban J connectivity index is 2.34. The minimum Gasteiger partial charge on any atom is -0.491 e. The van der Waals surface area contributed by atoms with E-state index in [1.54, 1.807) is 26.3 Å². The highest BCUT2D eigenvalue weighted by atomic mass is 16.5. The molecular weight excluding hydrogens is 260 g/mol. The van der Waals surface area contributed by atoms with Gasteiger partial charge in [0.1, 0.15) is 18.5 Å². The van der Waals surface area contributed by atoms with Crippen molar-refractivity contribution < 1.29 is 19.0 Å². The molecule has 1 unspecified atom stereocenters. The molecule has 0 amide bonds. The zero-order valence-electron chi connectivity index (χ0n) is 11.5. The molecule has 2 rings (SSSR count). The van der Waals surface area contributed by atoms with Crippen LogP contribution in [0.5, 0.6) is 5.75 Å². The van der Waals surface area contributed by atoms with Gasteiger partial charge in [0.05, 0.1) is 17.8 Å². The topological polar surface area (TPSA) is 86.6 Å². The lowest BCUT2D eigenvalue weighted by molar-refractivity contribution is -0.133. The van der Waals surface area contributed by atoms with Crippen molar-refractivity contribution in [3.8, 4) is 5.75 Å². The number of aromatic amines is 1. The average Bonchev–Trinajstić information content (AvgIpc) is 2.84. The Labute approximate surface area is 116 Å². The van der Waals surface area contributed by atoms with Crippen molar-refractivity contribution in [2.24, 2.45) is 0 Å². The van der Waals surface area contributed by atoms with Crippen molar-refractivity contribution in [2.45, 2.75) is 13.0 Å². The van der Waals surface area contributed by atoms with Crippen molar-refractivity contribution in [3.05, 3.63) is 23.9 Å². The Morgan fingerprint density at radius 2 is 2.20 bits per heavy atom. The van der Waals surface area contributed by atoms with E-state index in [0.29, 0.717) is 31.1 Å². The first-order chi connectivity index (χ1) is 9.67. The van der Waals surface area contributed by atoms with Gasteiger partial charge in [-0.15, -0.1) is 0 Å². The maximum atomic E-state index is 10.5. The highest BCUT2D eigenvalue weighted by Crippen LogP contribution is 2.32. The molecule has 6 nitrogen and oxygen atoms in total. The zero-order chi connectivity index (χ0) is 14.5. The first-order valence-corrected chi connectivity index (χ1v) is 6.28. The lowest BCUT2D eigenvalue weighted by Gasteiger charge is -2.10. The Morgan fingerprint density at radius 1 is 1.40 bits per heavy atom. The average molecular weight is 278 g/mol. The summed E-state index contributed by atoms with van der Waals surface area (Å²) in [4.78, 5) is 13.5. The van der Waals surface area contributed by atoms with Gasteiger partial charge in [-0.25, -0.2) is 0 Å². The van der Waals surface area contributed by atoms with E-state index in [-0.39, 0.29) is 6.10 Å². The minimum absolute atomic E-state index is 0.352. The zero-order valence-corrected chi connectivity index (χ0v) is 11.5. The number of methoxy groups -OCH3 is 1.